The Bertz CT molecular complexity index is 1560. The van der Waals surface area contributed by atoms with Crippen LogP contribution in [0.1, 0.15) is 0 Å². The highest BCUT2D eigenvalue weighted by Gasteiger charge is 2.42. The van der Waals surface area contributed by atoms with Crippen LogP contribution < -0.4 is 15.9 Å². The van der Waals surface area contributed by atoms with Gasteiger partial charge in [0.2, 0.25) is 0 Å². The number of hydrogen-bond donors (Lipinski definition) is 0. The third kappa shape index (κ3) is 3.31. The lowest BCUT2D eigenvalue weighted by Crippen LogP contribution is -2.33. The average molecular weight is 486 g/mol. The van der Waals surface area contributed by atoms with Crippen molar-refractivity contribution in [3.05, 3.63) is 114 Å². The van der Waals surface area contributed by atoms with E-state index in [2.05, 4.69) is 0 Å². The molecule has 1 nitrogen and oxygen atoms in total. The largest absolute Gasteiger partial charge is 0.308 e. The van der Waals surface area contributed by atoms with E-state index in [-0.39, 0.29) is 35.0 Å². The van der Waals surface area contributed by atoms with Gasteiger partial charge in [-0.25, -0.2) is 26.3 Å². The minimum atomic E-state index is -5.05. The summed E-state index contributed by atoms with van der Waals surface area (Å²) in [5.41, 5.74) is 0. The van der Waals surface area contributed by atoms with Gasteiger partial charge in [-0.2, -0.15) is 0 Å². The maximum Gasteiger partial charge on any atom is 0.183 e. The Morgan fingerprint density at radius 3 is 1.41 bits per heavy atom. The summed E-state index contributed by atoms with van der Waals surface area (Å²) in [6.07, 6.45) is 0. The van der Waals surface area contributed by atoms with Crippen LogP contribution in [0.3, 0.4) is 0 Å². The predicted octanol–water partition coefficient (Wildman–Crippen LogP) is 6.47. The molecule has 0 aliphatic heterocycles. The van der Waals surface area contributed by atoms with Crippen LogP contribution in [0.15, 0.2) is 78.9 Å². The zero-order valence-corrected chi connectivity index (χ0v) is 18.0. The molecule has 0 spiro atoms. The second kappa shape index (κ2) is 8.03. The summed E-state index contributed by atoms with van der Waals surface area (Å²) in [4.78, 5) is 0. The molecule has 0 saturated carbocycles. The van der Waals surface area contributed by atoms with E-state index < -0.39 is 52.7 Å². The van der Waals surface area contributed by atoms with Gasteiger partial charge in [0.05, 0.1) is 10.6 Å². The third-order valence-electron chi connectivity index (χ3n) is 5.68. The highest BCUT2D eigenvalue weighted by atomic mass is 31.2. The molecule has 0 aromatic heterocycles. The van der Waals surface area contributed by atoms with Crippen molar-refractivity contribution < 1.29 is 30.9 Å². The normalized spacial score (nSPS) is 11.9. The number of benzene rings is 5. The van der Waals surface area contributed by atoms with Gasteiger partial charge >= 0.3 is 0 Å². The van der Waals surface area contributed by atoms with Gasteiger partial charge in [-0.3, -0.25) is 0 Å². The Kier molecular flexibility index (Phi) is 5.25. The third-order valence-corrected chi connectivity index (χ3v) is 8.84. The van der Waals surface area contributed by atoms with Gasteiger partial charge in [-0.15, -0.1) is 0 Å². The van der Waals surface area contributed by atoms with E-state index >= 15 is 17.6 Å². The number of halogens is 6. The molecule has 0 radical (unpaired) electrons. The fourth-order valence-corrected chi connectivity index (χ4v) is 7.34. The first-order valence-electron chi connectivity index (χ1n) is 10.0. The highest BCUT2D eigenvalue weighted by molar-refractivity contribution is 7.85. The molecule has 34 heavy (non-hydrogen) atoms. The molecule has 5 aromatic carbocycles. The van der Waals surface area contributed by atoms with Gasteiger partial charge in [0, 0.05) is 29.6 Å². The van der Waals surface area contributed by atoms with Crippen LogP contribution >= 0.6 is 7.14 Å². The van der Waals surface area contributed by atoms with Crippen molar-refractivity contribution in [3.63, 3.8) is 0 Å². The Labute approximate surface area is 189 Å². The molecule has 0 saturated heterocycles. The smallest absolute Gasteiger partial charge is 0.183 e. The molecule has 0 atom stereocenters. The van der Waals surface area contributed by atoms with Crippen molar-refractivity contribution in [3.8, 4) is 0 Å². The van der Waals surface area contributed by atoms with E-state index in [0.717, 1.165) is 0 Å². The van der Waals surface area contributed by atoms with Gasteiger partial charge in [0.15, 0.2) is 7.14 Å². The lowest BCUT2D eigenvalue weighted by atomic mass is 10.0. The van der Waals surface area contributed by atoms with Crippen LogP contribution in [0, 0.1) is 34.9 Å². The van der Waals surface area contributed by atoms with E-state index in [9.17, 15) is 13.3 Å². The molecule has 0 bridgehead atoms. The summed E-state index contributed by atoms with van der Waals surface area (Å²) in [5, 5.41) is -0.735. The second-order valence-corrected chi connectivity index (χ2v) is 10.3. The summed E-state index contributed by atoms with van der Waals surface area (Å²) >= 11 is 0. The monoisotopic (exact) mass is 486 g/mol. The summed E-state index contributed by atoms with van der Waals surface area (Å²) in [6.45, 7) is 0. The van der Waals surface area contributed by atoms with E-state index in [4.69, 9.17) is 0 Å². The van der Waals surface area contributed by atoms with Gasteiger partial charge in [0.25, 0.3) is 0 Å². The average Bonchev–Trinajstić information content (AvgIpc) is 2.77. The van der Waals surface area contributed by atoms with E-state index in [0.29, 0.717) is 16.2 Å². The Morgan fingerprint density at radius 1 is 0.500 bits per heavy atom. The van der Waals surface area contributed by atoms with Crippen LogP contribution in [-0.4, -0.2) is 0 Å². The molecule has 0 heterocycles. The minimum Gasteiger partial charge on any atom is -0.308 e. The molecule has 0 amide bonds. The SMILES string of the molecule is O=P(c1c(F)cc(F)cc1F)(c1c(F)cc(F)cc1F)c1cc2ccccc2c2ccccc12. The van der Waals surface area contributed by atoms with Crippen LogP contribution in [0.25, 0.3) is 21.5 Å². The Hall–Kier alpha value is -3.57. The summed E-state index contributed by atoms with van der Waals surface area (Å²) < 4.78 is 102. The quantitative estimate of drug-likeness (QED) is 0.162. The molecular weight excluding hydrogens is 473 g/mol. The number of hydrogen-bond acceptors (Lipinski definition) is 1. The van der Waals surface area contributed by atoms with Crippen molar-refractivity contribution in [2.24, 2.45) is 0 Å². The molecule has 8 heteroatoms. The van der Waals surface area contributed by atoms with Crippen LogP contribution in [-0.2, 0) is 4.57 Å². The van der Waals surface area contributed by atoms with Crippen molar-refractivity contribution in [1.29, 1.82) is 0 Å². The van der Waals surface area contributed by atoms with E-state index in [1.807, 2.05) is 0 Å². The van der Waals surface area contributed by atoms with E-state index in [1.54, 1.807) is 42.5 Å². The first kappa shape index (κ1) is 22.2. The summed E-state index contributed by atoms with van der Waals surface area (Å²) in [6, 6.07) is 15.7. The van der Waals surface area contributed by atoms with Gasteiger partial charge < -0.3 is 4.57 Å². The molecular formula is C26H13F6OP. The molecule has 0 aliphatic carbocycles. The Morgan fingerprint density at radius 2 is 0.912 bits per heavy atom. The maximum absolute atomic E-state index is 15.1. The summed E-state index contributed by atoms with van der Waals surface area (Å²) in [5.74, 6) is -8.92. The van der Waals surface area contributed by atoms with Crippen molar-refractivity contribution in [1.82, 2.24) is 0 Å². The second-order valence-electron chi connectivity index (χ2n) is 7.71. The first-order valence-corrected chi connectivity index (χ1v) is 11.7. The van der Waals surface area contributed by atoms with Crippen LogP contribution in [0.5, 0.6) is 0 Å². The molecule has 0 N–H and O–H groups in total. The first-order chi connectivity index (χ1) is 16.2. The topological polar surface area (TPSA) is 17.1 Å². The lowest BCUT2D eigenvalue weighted by molar-refractivity contribution is 0.543. The highest BCUT2D eigenvalue weighted by Crippen LogP contribution is 2.48. The molecule has 5 aromatic rings. The van der Waals surface area contributed by atoms with Gasteiger partial charge in [0.1, 0.15) is 34.9 Å². The van der Waals surface area contributed by atoms with E-state index in [1.165, 1.54) is 12.1 Å². The lowest BCUT2D eigenvalue weighted by Gasteiger charge is -2.24. The van der Waals surface area contributed by atoms with Crippen molar-refractivity contribution in [2.75, 3.05) is 0 Å². The maximum atomic E-state index is 15.1. The molecule has 170 valence electrons. The minimum absolute atomic E-state index is 0.218. The molecule has 0 aliphatic rings. The summed E-state index contributed by atoms with van der Waals surface area (Å²) in [7, 11) is -5.05. The molecule has 0 fully saturated rings. The van der Waals surface area contributed by atoms with Gasteiger partial charge in [-0.05, 0) is 27.6 Å². The molecule has 5 rings (SSSR count). The van der Waals surface area contributed by atoms with Crippen LogP contribution in [0.2, 0.25) is 0 Å². The number of rotatable bonds is 3. The zero-order valence-electron chi connectivity index (χ0n) is 17.1. The Balaban J connectivity index is 2.04. The zero-order chi connectivity index (χ0) is 24.2. The van der Waals surface area contributed by atoms with Crippen molar-refractivity contribution >= 4 is 44.6 Å². The van der Waals surface area contributed by atoms with Gasteiger partial charge in [-0.1, -0.05) is 48.5 Å². The van der Waals surface area contributed by atoms with Crippen molar-refractivity contribution in [2.45, 2.75) is 0 Å². The standard InChI is InChI=1S/C26H13F6OP/c27-15-10-20(29)25(21(30)11-15)34(33,26-22(31)12-16(28)13-23(26)32)24-9-14-5-1-2-6-17(14)18-7-3-4-8-19(18)24/h1-13H. The molecule has 0 unspecified atom stereocenters. The fourth-order valence-electron chi connectivity index (χ4n) is 4.32. The number of fused-ring (bicyclic) bond motifs is 3. The fraction of sp³-hybridized carbons (Fsp3) is 0. The van der Waals surface area contributed by atoms with Crippen LogP contribution in [0.4, 0.5) is 26.3 Å². The predicted molar refractivity (Wildman–Crippen MR) is 121 cm³/mol.